The highest BCUT2D eigenvalue weighted by molar-refractivity contribution is 7.73. The summed E-state index contributed by atoms with van der Waals surface area (Å²) in [5, 5.41) is 0. The summed E-state index contributed by atoms with van der Waals surface area (Å²) < 4.78 is 0. The summed E-state index contributed by atoms with van der Waals surface area (Å²) in [6.45, 7) is 9.32. The zero-order chi connectivity index (χ0) is 22.2. The van der Waals surface area contributed by atoms with Gasteiger partial charge in [0.15, 0.2) is 0 Å². The van der Waals surface area contributed by atoms with Crippen molar-refractivity contribution in [3.8, 4) is 0 Å². The molecule has 0 spiro atoms. The van der Waals surface area contributed by atoms with Crippen LogP contribution in [0.3, 0.4) is 0 Å². The van der Waals surface area contributed by atoms with E-state index in [0.717, 1.165) is 0 Å². The molecule has 4 rings (SSSR count). The lowest BCUT2D eigenvalue weighted by Crippen LogP contribution is -2.74. The van der Waals surface area contributed by atoms with Crippen LogP contribution in [0, 0.1) is 0 Å². The van der Waals surface area contributed by atoms with Crippen molar-refractivity contribution in [3.05, 3.63) is 121 Å². The average molecular weight is 424 g/mol. The fraction of sp³-hybridized carbons (Fsp3) is 0.172. The molecule has 158 valence electrons. The maximum Gasteiger partial charge on any atom is 0.108 e. The van der Waals surface area contributed by atoms with Gasteiger partial charge in [0.05, 0.1) is 6.16 Å². The minimum absolute atomic E-state index is 0.397. The molecule has 0 bridgehead atoms. The Morgan fingerprint density at radius 2 is 0.645 bits per heavy atom. The van der Waals surface area contributed by atoms with Crippen molar-refractivity contribution < 1.29 is 0 Å². The molecule has 0 nitrogen and oxygen atoms in total. The van der Waals surface area contributed by atoms with E-state index in [4.69, 9.17) is 0 Å². The maximum atomic E-state index is 2.35. The van der Waals surface area contributed by atoms with Crippen molar-refractivity contribution >= 4 is 35.3 Å². The van der Waals surface area contributed by atoms with Crippen LogP contribution in [0.25, 0.3) is 0 Å². The van der Waals surface area contributed by atoms with E-state index in [2.05, 4.69) is 148 Å². The molecule has 0 aromatic heterocycles. The molecular weight excluding hydrogens is 390 g/mol. The van der Waals surface area contributed by atoms with Crippen LogP contribution in [0.4, 0.5) is 0 Å². The van der Waals surface area contributed by atoms with E-state index in [0.29, 0.717) is 0 Å². The molecule has 2 heteroatoms. The molecule has 0 aliphatic carbocycles. The third-order valence-corrected chi connectivity index (χ3v) is 8.04. The minimum atomic E-state index is -1.22. The van der Waals surface area contributed by atoms with E-state index in [9.17, 15) is 0 Å². The van der Waals surface area contributed by atoms with E-state index >= 15 is 0 Å². The fourth-order valence-corrected chi connectivity index (χ4v) is 4.12. The van der Waals surface area contributed by atoms with E-state index in [-0.39, 0.29) is 0 Å². The van der Waals surface area contributed by atoms with E-state index in [1.807, 2.05) is 0 Å². The summed E-state index contributed by atoms with van der Waals surface area (Å²) in [6, 6.07) is 43.5. The second-order valence-corrected chi connectivity index (χ2v) is 14.3. The SMILES string of the molecule is CC[P+](C)(C)C.c1ccc([B-](c2ccccc2)(c2ccccc2)c2ccccc2)cc1. The first-order chi connectivity index (χ1) is 15.0. The summed E-state index contributed by atoms with van der Waals surface area (Å²) in [5.41, 5.74) is 5.36. The lowest BCUT2D eigenvalue weighted by molar-refractivity contribution is 1.47. The van der Waals surface area contributed by atoms with Gasteiger partial charge in [-0.15, -0.1) is 0 Å². The largest absolute Gasteiger partial charge is 0.195 e. The molecule has 0 amide bonds. The van der Waals surface area contributed by atoms with Crippen molar-refractivity contribution in [3.63, 3.8) is 0 Å². The Labute approximate surface area is 189 Å². The molecule has 4 aromatic carbocycles. The number of benzene rings is 4. The van der Waals surface area contributed by atoms with Gasteiger partial charge in [0.2, 0.25) is 0 Å². The summed E-state index contributed by atoms with van der Waals surface area (Å²) >= 11 is 0. The first-order valence-electron chi connectivity index (χ1n) is 11.2. The molecular formula is C29H34BP. The molecule has 0 fully saturated rings. The van der Waals surface area contributed by atoms with Crippen LogP contribution in [0.5, 0.6) is 0 Å². The molecule has 0 atom stereocenters. The molecule has 0 aliphatic heterocycles. The normalized spacial score (nSPS) is 11.4. The first-order valence-corrected chi connectivity index (χ1v) is 14.5. The monoisotopic (exact) mass is 424 g/mol. The Bertz CT molecular complexity index is 860. The predicted octanol–water partition coefficient (Wildman–Crippen LogP) is 4.98. The van der Waals surface area contributed by atoms with Gasteiger partial charge >= 0.3 is 0 Å². The van der Waals surface area contributed by atoms with Crippen LogP contribution in [0.15, 0.2) is 121 Å². The zero-order valence-corrected chi connectivity index (χ0v) is 20.2. The van der Waals surface area contributed by atoms with Crippen molar-refractivity contribution in [2.75, 3.05) is 26.2 Å². The van der Waals surface area contributed by atoms with E-state index in [1.165, 1.54) is 28.0 Å². The van der Waals surface area contributed by atoms with Gasteiger partial charge in [0.25, 0.3) is 0 Å². The molecule has 0 saturated carbocycles. The summed E-state index contributed by atoms with van der Waals surface area (Å²) in [7, 11) is -0.397. The molecule has 0 aliphatic rings. The molecule has 4 aromatic rings. The van der Waals surface area contributed by atoms with Gasteiger partial charge in [-0.3, -0.25) is 0 Å². The lowest BCUT2D eigenvalue weighted by atomic mass is 9.13. The predicted molar refractivity (Wildman–Crippen MR) is 145 cm³/mol. The highest BCUT2D eigenvalue weighted by Gasteiger charge is 2.30. The molecule has 0 saturated heterocycles. The van der Waals surface area contributed by atoms with Crippen LogP contribution >= 0.6 is 7.26 Å². The van der Waals surface area contributed by atoms with Gasteiger partial charge in [0, 0.05) is 27.3 Å². The van der Waals surface area contributed by atoms with Gasteiger partial charge < -0.3 is 0 Å². The van der Waals surface area contributed by atoms with Crippen LogP contribution in [0.2, 0.25) is 0 Å². The molecule has 0 radical (unpaired) electrons. The average Bonchev–Trinajstić information content (AvgIpc) is 2.82. The zero-order valence-electron chi connectivity index (χ0n) is 19.3. The standard InChI is InChI=1S/C24H20B.C5H14P/c1-5-13-21(14-6-1)25(22-15-7-2-8-16-22,23-17-9-3-10-18-23)24-19-11-4-12-20-24;1-5-6(2,3)4/h1-20H;5H2,1-4H3/q-1;+1. The Morgan fingerprint density at radius 1 is 0.452 bits per heavy atom. The third-order valence-electron chi connectivity index (χ3n) is 6.15. The van der Waals surface area contributed by atoms with Crippen molar-refractivity contribution in [2.24, 2.45) is 0 Å². The smallest absolute Gasteiger partial charge is 0.108 e. The van der Waals surface area contributed by atoms with Crippen LogP contribution in [-0.2, 0) is 0 Å². The Hall–Kier alpha value is -2.63. The van der Waals surface area contributed by atoms with Gasteiger partial charge in [-0.1, -0.05) is 121 Å². The van der Waals surface area contributed by atoms with Crippen LogP contribution in [-0.4, -0.2) is 32.3 Å². The fourth-order valence-electron chi connectivity index (χ4n) is 4.12. The minimum Gasteiger partial charge on any atom is -0.195 e. The quantitative estimate of drug-likeness (QED) is 0.313. The van der Waals surface area contributed by atoms with Crippen molar-refractivity contribution in [2.45, 2.75) is 6.92 Å². The molecule has 0 unspecified atom stereocenters. The van der Waals surface area contributed by atoms with Gasteiger partial charge in [-0.2, -0.15) is 21.9 Å². The van der Waals surface area contributed by atoms with Gasteiger partial charge in [0.1, 0.15) is 6.15 Å². The second kappa shape index (κ2) is 10.6. The highest BCUT2D eigenvalue weighted by Crippen LogP contribution is 2.45. The van der Waals surface area contributed by atoms with E-state index in [1.54, 1.807) is 0 Å². The lowest BCUT2D eigenvalue weighted by Gasteiger charge is -2.44. The first kappa shape index (κ1) is 23.0. The summed E-state index contributed by atoms with van der Waals surface area (Å²) in [4.78, 5) is 0. The summed E-state index contributed by atoms with van der Waals surface area (Å²) in [5.74, 6) is 0. The Kier molecular flexibility index (Phi) is 7.88. The number of hydrogen-bond acceptors (Lipinski definition) is 0. The van der Waals surface area contributed by atoms with Crippen molar-refractivity contribution in [1.82, 2.24) is 0 Å². The molecule has 0 heterocycles. The Balaban J connectivity index is 0.000000401. The number of hydrogen-bond donors (Lipinski definition) is 0. The van der Waals surface area contributed by atoms with Crippen LogP contribution in [0.1, 0.15) is 6.92 Å². The number of rotatable bonds is 5. The van der Waals surface area contributed by atoms with Gasteiger partial charge in [-0.25, -0.2) is 0 Å². The van der Waals surface area contributed by atoms with Gasteiger partial charge in [-0.05, 0) is 6.92 Å². The summed E-state index contributed by atoms with van der Waals surface area (Å²) in [6.07, 6.45) is 0.166. The topological polar surface area (TPSA) is 0 Å². The molecule has 31 heavy (non-hydrogen) atoms. The maximum absolute atomic E-state index is 2.35. The van der Waals surface area contributed by atoms with E-state index < -0.39 is 13.4 Å². The second-order valence-electron chi connectivity index (χ2n) is 9.12. The van der Waals surface area contributed by atoms with Crippen molar-refractivity contribution in [1.29, 1.82) is 0 Å². The van der Waals surface area contributed by atoms with Crippen LogP contribution < -0.4 is 21.9 Å². The highest BCUT2D eigenvalue weighted by atomic mass is 31.2. The third kappa shape index (κ3) is 5.55. The molecule has 0 N–H and O–H groups in total. The Morgan fingerprint density at radius 3 is 0.806 bits per heavy atom.